The lowest BCUT2D eigenvalue weighted by atomic mass is 9.44. The Bertz CT molecular complexity index is 997. The van der Waals surface area contributed by atoms with Crippen molar-refractivity contribution in [2.75, 3.05) is 14.1 Å². The van der Waals surface area contributed by atoms with E-state index in [1.54, 1.807) is 5.56 Å². The van der Waals surface area contributed by atoms with Crippen molar-refractivity contribution in [1.29, 1.82) is 0 Å². The zero-order valence-corrected chi connectivity index (χ0v) is 20.7. The minimum Gasteiger partial charge on any atom is -0.306 e. The third-order valence-electron chi connectivity index (χ3n) is 11.4. The summed E-state index contributed by atoms with van der Waals surface area (Å²) in [4.78, 5) is 6.90. The summed E-state index contributed by atoms with van der Waals surface area (Å²) in [5.74, 6) is 4.56. The van der Waals surface area contributed by atoms with E-state index >= 15 is 0 Å². The SMILES string of the molecule is CN(C)[C@H]1CC[C@@]2(C)[C@@H](CC[C@@H]3[C@@H]2CC[C@]2(C)C(c4ccc5ccncc5c4)CC[C@@H]32)C1. The molecule has 0 aliphatic heterocycles. The van der Waals surface area contributed by atoms with Crippen LogP contribution in [0.25, 0.3) is 10.8 Å². The Hall–Kier alpha value is -1.41. The predicted molar refractivity (Wildman–Crippen MR) is 134 cm³/mol. The molecule has 32 heavy (non-hydrogen) atoms. The number of rotatable bonds is 2. The van der Waals surface area contributed by atoms with Gasteiger partial charge in [-0.25, -0.2) is 0 Å². The monoisotopic (exact) mass is 430 g/mol. The van der Waals surface area contributed by atoms with Crippen molar-refractivity contribution < 1.29 is 0 Å². The minimum absolute atomic E-state index is 0.487. The number of hydrogen-bond acceptors (Lipinski definition) is 2. The van der Waals surface area contributed by atoms with Crippen molar-refractivity contribution in [3.05, 3.63) is 42.2 Å². The smallest absolute Gasteiger partial charge is 0.0346 e. The first-order valence-corrected chi connectivity index (χ1v) is 13.4. The number of benzene rings is 1. The first-order valence-electron chi connectivity index (χ1n) is 13.4. The fourth-order valence-electron chi connectivity index (χ4n) is 9.57. The standard InChI is InChI=1S/C30H42N2/c1-29-14-11-24(32(3)4)18-23(29)7-8-25-27-10-9-26(30(27,2)15-12-28(25)29)21-6-5-20-13-16-31-19-22(20)17-21/h5-6,13,16-17,19,23-28H,7-12,14-15,18H2,1-4H3/t23-,24-,25-,26?,27-,28-,29-,30+/m0/s1. The summed E-state index contributed by atoms with van der Waals surface area (Å²) in [7, 11) is 4.60. The predicted octanol–water partition coefficient (Wildman–Crippen LogP) is 7.29. The van der Waals surface area contributed by atoms with Crippen molar-refractivity contribution in [3.63, 3.8) is 0 Å². The normalized spacial score (nSPS) is 43.7. The summed E-state index contributed by atoms with van der Waals surface area (Å²) >= 11 is 0. The van der Waals surface area contributed by atoms with Gasteiger partial charge in [0.25, 0.3) is 0 Å². The second kappa shape index (κ2) is 7.55. The van der Waals surface area contributed by atoms with Crippen LogP contribution in [0.4, 0.5) is 0 Å². The molecule has 2 heteroatoms. The van der Waals surface area contributed by atoms with E-state index in [0.29, 0.717) is 10.8 Å². The van der Waals surface area contributed by atoms with Crippen molar-refractivity contribution in [2.24, 2.45) is 34.5 Å². The van der Waals surface area contributed by atoms with Gasteiger partial charge in [-0.2, -0.15) is 0 Å². The molecule has 1 heterocycles. The van der Waals surface area contributed by atoms with Crippen LogP contribution in [0.15, 0.2) is 36.7 Å². The average Bonchev–Trinajstić information content (AvgIpc) is 3.15. The Morgan fingerprint density at radius 2 is 1.66 bits per heavy atom. The van der Waals surface area contributed by atoms with Crippen LogP contribution < -0.4 is 0 Å². The van der Waals surface area contributed by atoms with Crippen molar-refractivity contribution >= 4 is 10.8 Å². The van der Waals surface area contributed by atoms with Gasteiger partial charge >= 0.3 is 0 Å². The highest BCUT2D eigenvalue weighted by Crippen LogP contribution is 2.69. The van der Waals surface area contributed by atoms with E-state index in [0.717, 1.165) is 35.6 Å². The molecule has 0 bridgehead atoms. The third-order valence-corrected chi connectivity index (χ3v) is 11.4. The molecular formula is C30H42N2. The van der Waals surface area contributed by atoms with Gasteiger partial charge in [0, 0.05) is 23.8 Å². The van der Waals surface area contributed by atoms with Crippen LogP contribution in [0.3, 0.4) is 0 Å². The fraction of sp³-hybridized carbons (Fsp3) is 0.700. The number of hydrogen-bond donors (Lipinski definition) is 0. The molecule has 4 aliphatic rings. The van der Waals surface area contributed by atoms with E-state index in [2.05, 4.69) is 68.3 Å². The van der Waals surface area contributed by atoms with Gasteiger partial charge in [-0.1, -0.05) is 26.0 Å². The van der Waals surface area contributed by atoms with Gasteiger partial charge in [0.05, 0.1) is 0 Å². The van der Waals surface area contributed by atoms with E-state index in [-0.39, 0.29) is 0 Å². The maximum absolute atomic E-state index is 4.39. The van der Waals surface area contributed by atoms with Crippen LogP contribution in [0.1, 0.15) is 83.1 Å². The van der Waals surface area contributed by atoms with Gasteiger partial charge in [0.1, 0.15) is 0 Å². The Morgan fingerprint density at radius 3 is 2.50 bits per heavy atom. The first kappa shape index (κ1) is 21.1. The van der Waals surface area contributed by atoms with E-state index in [9.17, 15) is 0 Å². The third kappa shape index (κ3) is 3.04. The molecule has 4 aliphatic carbocycles. The molecule has 8 atom stereocenters. The topological polar surface area (TPSA) is 16.1 Å². The highest BCUT2D eigenvalue weighted by atomic mass is 15.1. The Labute approximate surface area is 195 Å². The van der Waals surface area contributed by atoms with Crippen LogP contribution in [-0.4, -0.2) is 30.0 Å². The van der Waals surface area contributed by atoms with E-state index in [1.165, 1.54) is 68.6 Å². The lowest BCUT2D eigenvalue weighted by molar-refractivity contribution is -0.115. The van der Waals surface area contributed by atoms with Gasteiger partial charge < -0.3 is 4.90 Å². The molecule has 6 rings (SSSR count). The summed E-state index contributed by atoms with van der Waals surface area (Å²) in [6, 6.07) is 10.2. The Balaban J connectivity index is 1.27. The lowest BCUT2D eigenvalue weighted by Crippen LogP contribution is -2.54. The van der Waals surface area contributed by atoms with Gasteiger partial charge in [0.2, 0.25) is 0 Å². The molecule has 2 nitrogen and oxygen atoms in total. The van der Waals surface area contributed by atoms with Gasteiger partial charge in [-0.3, -0.25) is 4.98 Å². The van der Waals surface area contributed by atoms with Crippen LogP contribution in [0.5, 0.6) is 0 Å². The highest BCUT2D eigenvalue weighted by molar-refractivity contribution is 5.82. The van der Waals surface area contributed by atoms with E-state index in [4.69, 9.17) is 0 Å². The summed E-state index contributed by atoms with van der Waals surface area (Å²) in [6.45, 7) is 5.39. The van der Waals surface area contributed by atoms with E-state index in [1.807, 2.05) is 6.20 Å². The largest absolute Gasteiger partial charge is 0.306 e. The minimum atomic E-state index is 0.487. The fourth-order valence-corrected chi connectivity index (χ4v) is 9.57. The zero-order valence-electron chi connectivity index (χ0n) is 20.7. The van der Waals surface area contributed by atoms with Gasteiger partial charge in [-0.05, 0) is 135 Å². The highest BCUT2D eigenvalue weighted by Gasteiger charge is 2.60. The molecular weight excluding hydrogens is 388 g/mol. The summed E-state index contributed by atoms with van der Waals surface area (Å²) < 4.78 is 0. The van der Waals surface area contributed by atoms with Crippen molar-refractivity contribution in [1.82, 2.24) is 9.88 Å². The maximum Gasteiger partial charge on any atom is 0.0346 e. The summed E-state index contributed by atoms with van der Waals surface area (Å²) in [5, 5.41) is 2.64. The average molecular weight is 431 g/mol. The number of aromatic nitrogens is 1. The number of fused-ring (bicyclic) bond motifs is 6. The van der Waals surface area contributed by atoms with Gasteiger partial charge in [0.15, 0.2) is 0 Å². The Kier molecular flexibility index (Phi) is 4.99. The first-order chi connectivity index (χ1) is 15.4. The molecule has 0 saturated heterocycles. The molecule has 4 saturated carbocycles. The Morgan fingerprint density at radius 1 is 0.844 bits per heavy atom. The molecule has 1 aromatic carbocycles. The van der Waals surface area contributed by atoms with Gasteiger partial charge in [-0.15, -0.1) is 0 Å². The zero-order chi connectivity index (χ0) is 22.1. The molecule has 4 fully saturated rings. The van der Waals surface area contributed by atoms with E-state index < -0.39 is 0 Å². The summed E-state index contributed by atoms with van der Waals surface area (Å²) in [6.07, 6.45) is 17.0. The lowest BCUT2D eigenvalue weighted by Gasteiger charge is -2.61. The van der Waals surface area contributed by atoms with Crippen molar-refractivity contribution in [2.45, 2.75) is 83.6 Å². The van der Waals surface area contributed by atoms with Crippen LogP contribution in [0.2, 0.25) is 0 Å². The molecule has 0 spiro atoms. The number of pyridine rings is 1. The molecule has 1 aromatic heterocycles. The maximum atomic E-state index is 4.39. The second-order valence-corrected chi connectivity index (χ2v) is 12.7. The molecule has 0 amide bonds. The molecule has 0 N–H and O–H groups in total. The second-order valence-electron chi connectivity index (χ2n) is 12.7. The molecule has 0 radical (unpaired) electrons. The quantitative estimate of drug-likeness (QED) is 0.497. The van der Waals surface area contributed by atoms with Crippen LogP contribution >= 0.6 is 0 Å². The molecule has 1 unspecified atom stereocenters. The molecule has 172 valence electrons. The van der Waals surface area contributed by atoms with Crippen molar-refractivity contribution in [3.8, 4) is 0 Å². The number of nitrogens with zero attached hydrogens (tertiary/aromatic N) is 2. The van der Waals surface area contributed by atoms with Crippen LogP contribution in [0, 0.1) is 34.5 Å². The summed E-state index contributed by atoms with van der Waals surface area (Å²) in [5.41, 5.74) is 2.67. The molecule has 2 aromatic rings. The van der Waals surface area contributed by atoms with Crippen LogP contribution in [-0.2, 0) is 0 Å².